The molecule has 20 heavy (non-hydrogen) atoms. The normalized spacial score (nSPS) is 11.8. The highest BCUT2D eigenvalue weighted by Gasteiger charge is 2.20. The van der Waals surface area contributed by atoms with E-state index in [0.717, 1.165) is 5.56 Å². The number of rotatable bonds is 6. The smallest absolute Gasteiger partial charge is 0.326 e. The molecule has 1 aromatic carbocycles. The van der Waals surface area contributed by atoms with Gasteiger partial charge in [-0.3, -0.25) is 4.79 Å². The van der Waals surface area contributed by atoms with Gasteiger partial charge in [0.15, 0.2) is 0 Å². The Hall–Kier alpha value is -2.56. The summed E-state index contributed by atoms with van der Waals surface area (Å²) in [4.78, 5) is 23.0. The topological polar surface area (TPSA) is 79.5 Å². The van der Waals surface area contributed by atoms with E-state index in [0.29, 0.717) is 18.4 Å². The molecule has 1 aromatic heterocycles. The fourth-order valence-corrected chi connectivity index (χ4v) is 1.85. The summed E-state index contributed by atoms with van der Waals surface area (Å²) in [5, 5.41) is 11.7. The molecule has 0 radical (unpaired) electrons. The van der Waals surface area contributed by atoms with Gasteiger partial charge in [0.1, 0.15) is 12.3 Å². The average Bonchev–Trinajstić information content (AvgIpc) is 2.98. The van der Waals surface area contributed by atoms with E-state index in [1.807, 2.05) is 30.3 Å². The van der Waals surface area contributed by atoms with Gasteiger partial charge in [0.05, 0.1) is 11.8 Å². The number of aryl methyl sites for hydroxylation is 1. The molecule has 0 spiro atoms. The Morgan fingerprint density at radius 1 is 1.20 bits per heavy atom. The number of carbonyl (C=O) groups is 2. The number of hydrogen-bond donors (Lipinski definition) is 2. The van der Waals surface area contributed by atoms with E-state index in [2.05, 4.69) is 5.32 Å². The van der Waals surface area contributed by atoms with Crippen LogP contribution in [-0.4, -0.2) is 23.0 Å². The molecular weight excluding hydrogens is 258 g/mol. The van der Waals surface area contributed by atoms with Crippen LogP contribution in [0.15, 0.2) is 53.3 Å². The number of carbonyl (C=O) groups excluding carboxylic acids is 1. The Kier molecular flexibility index (Phi) is 4.55. The lowest BCUT2D eigenvalue weighted by Gasteiger charge is -2.13. The molecule has 1 amide bonds. The van der Waals surface area contributed by atoms with Crippen molar-refractivity contribution in [3.63, 3.8) is 0 Å². The quantitative estimate of drug-likeness (QED) is 0.844. The van der Waals surface area contributed by atoms with Crippen molar-refractivity contribution in [3.05, 3.63) is 60.1 Å². The van der Waals surface area contributed by atoms with Crippen LogP contribution in [0.5, 0.6) is 0 Å². The van der Waals surface area contributed by atoms with E-state index in [9.17, 15) is 9.59 Å². The number of amides is 1. The first-order valence-corrected chi connectivity index (χ1v) is 6.26. The van der Waals surface area contributed by atoms with Crippen molar-refractivity contribution in [1.82, 2.24) is 5.32 Å². The third kappa shape index (κ3) is 3.71. The Labute approximate surface area is 116 Å². The Morgan fingerprint density at radius 3 is 2.55 bits per heavy atom. The summed E-state index contributed by atoms with van der Waals surface area (Å²) in [6.45, 7) is 0. The zero-order valence-corrected chi connectivity index (χ0v) is 10.8. The molecular formula is C15H15NO4. The van der Waals surface area contributed by atoms with Crippen molar-refractivity contribution in [2.45, 2.75) is 18.9 Å². The molecule has 5 heteroatoms. The zero-order chi connectivity index (χ0) is 14.4. The van der Waals surface area contributed by atoms with Crippen molar-refractivity contribution >= 4 is 11.9 Å². The second-order valence-corrected chi connectivity index (χ2v) is 4.40. The summed E-state index contributed by atoms with van der Waals surface area (Å²) in [7, 11) is 0. The van der Waals surface area contributed by atoms with E-state index in [1.165, 1.54) is 18.6 Å². The molecule has 1 heterocycles. The van der Waals surface area contributed by atoms with Crippen molar-refractivity contribution in [2.75, 3.05) is 0 Å². The molecule has 2 rings (SSSR count). The van der Waals surface area contributed by atoms with Crippen LogP contribution in [0.3, 0.4) is 0 Å². The predicted molar refractivity (Wildman–Crippen MR) is 72.4 cm³/mol. The largest absolute Gasteiger partial charge is 0.480 e. The number of nitrogens with one attached hydrogen (secondary N) is 1. The second kappa shape index (κ2) is 6.56. The van der Waals surface area contributed by atoms with Crippen molar-refractivity contribution in [3.8, 4) is 0 Å². The van der Waals surface area contributed by atoms with Crippen LogP contribution in [-0.2, 0) is 11.2 Å². The van der Waals surface area contributed by atoms with Gasteiger partial charge >= 0.3 is 5.97 Å². The Bertz CT molecular complexity index is 563. The van der Waals surface area contributed by atoms with E-state index in [4.69, 9.17) is 9.52 Å². The maximum absolute atomic E-state index is 11.8. The number of furan rings is 1. The monoisotopic (exact) mass is 273 g/mol. The average molecular weight is 273 g/mol. The third-order valence-electron chi connectivity index (χ3n) is 2.95. The maximum Gasteiger partial charge on any atom is 0.326 e. The van der Waals surface area contributed by atoms with Crippen LogP contribution in [0.1, 0.15) is 22.3 Å². The molecule has 0 aliphatic carbocycles. The summed E-state index contributed by atoms with van der Waals surface area (Å²) >= 11 is 0. The number of benzene rings is 1. The van der Waals surface area contributed by atoms with Crippen LogP contribution in [0.4, 0.5) is 0 Å². The summed E-state index contributed by atoms with van der Waals surface area (Å²) < 4.78 is 4.80. The summed E-state index contributed by atoms with van der Waals surface area (Å²) in [6.07, 6.45) is 3.58. The molecule has 0 bridgehead atoms. The highest BCUT2D eigenvalue weighted by atomic mass is 16.4. The minimum atomic E-state index is -1.04. The van der Waals surface area contributed by atoms with Gasteiger partial charge in [-0.2, -0.15) is 0 Å². The van der Waals surface area contributed by atoms with Crippen molar-refractivity contribution < 1.29 is 19.1 Å². The Balaban J connectivity index is 1.94. The molecule has 1 atom stereocenters. The second-order valence-electron chi connectivity index (χ2n) is 4.40. The molecule has 0 aliphatic heterocycles. The Morgan fingerprint density at radius 2 is 1.95 bits per heavy atom. The molecule has 2 N–H and O–H groups in total. The minimum Gasteiger partial charge on any atom is -0.480 e. The number of carboxylic acid groups (broad SMARTS) is 1. The van der Waals surface area contributed by atoms with Crippen molar-refractivity contribution in [1.29, 1.82) is 0 Å². The van der Waals surface area contributed by atoms with E-state index in [-0.39, 0.29) is 0 Å². The molecule has 5 nitrogen and oxygen atoms in total. The first-order valence-electron chi connectivity index (χ1n) is 6.26. The molecule has 2 aromatic rings. The number of carboxylic acids is 1. The molecule has 0 fully saturated rings. The fourth-order valence-electron chi connectivity index (χ4n) is 1.85. The van der Waals surface area contributed by atoms with Crippen LogP contribution in [0.2, 0.25) is 0 Å². The van der Waals surface area contributed by atoms with Crippen LogP contribution in [0.25, 0.3) is 0 Å². The molecule has 104 valence electrons. The summed E-state index contributed by atoms with van der Waals surface area (Å²) in [6, 6.07) is 10.1. The van der Waals surface area contributed by atoms with Gasteiger partial charge in [0.25, 0.3) is 5.91 Å². The lowest BCUT2D eigenvalue weighted by molar-refractivity contribution is -0.139. The van der Waals surface area contributed by atoms with Gasteiger partial charge in [-0.1, -0.05) is 30.3 Å². The lowest BCUT2D eigenvalue weighted by Crippen LogP contribution is -2.41. The van der Waals surface area contributed by atoms with Gasteiger partial charge in [-0.25, -0.2) is 4.79 Å². The lowest BCUT2D eigenvalue weighted by atomic mass is 10.1. The molecule has 1 unspecified atom stereocenters. The number of aliphatic carboxylic acids is 1. The fraction of sp³-hybridized carbons (Fsp3) is 0.200. The first-order chi connectivity index (χ1) is 9.66. The highest BCUT2D eigenvalue weighted by Crippen LogP contribution is 2.07. The van der Waals surface area contributed by atoms with Crippen LogP contribution >= 0.6 is 0 Å². The number of hydrogen-bond acceptors (Lipinski definition) is 3. The van der Waals surface area contributed by atoms with Gasteiger partial charge < -0.3 is 14.8 Å². The molecule has 0 saturated heterocycles. The van der Waals surface area contributed by atoms with Gasteiger partial charge in [-0.15, -0.1) is 0 Å². The molecule has 0 aliphatic rings. The summed E-state index contributed by atoms with van der Waals surface area (Å²) in [5.74, 6) is -1.49. The van der Waals surface area contributed by atoms with E-state index < -0.39 is 17.9 Å². The standard InChI is InChI=1S/C15H15NO4/c17-14(12-8-9-20-10-12)16-13(15(18)19)7-6-11-4-2-1-3-5-11/h1-5,8-10,13H,6-7H2,(H,16,17)(H,18,19). The van der Waals surface area contributed by atoms with E-state index in [1.54, 1.807) is 0 Å². The maximum atomic E-state index is 11.8. The van der Waals surface area contributed by atoms with Gasteiger partial charge in [-0.05, 0) is 24.5 Å². The molecule has 0 saturated carbocycles. The van der Waals surface area contributed by atoms with Crippen molar-refractivity contribution in [2.24, 2.45) is 0 Å². The van der Waals surface area contributed by atoms with E-state index >= 15 is 0 Å². The third-order valence-corrected chi connectivity index (χ3v) is 2.95. The van der Waals surface area contributed by atoms with Gasteiger partial charge in [0, 0.05) is 0 Å². The van der Waals surface area contributed by atoms with Crippen LogP contribution in [0, 0.1) is 0 Å². The van der Waals surface area contributed by atoms with Crippen LogP contribution < -0.4 is 5.32 Å². The van der Waals surface area contributed by atoms with Gasteiger partial charge in [0.2, 0.25) is 0 Å². The predicted octanol–water partition coefficient (Wildman–Crippen LogP) is 2.10. The SMILES string of the molecule is O=C(NC(CCc1ccccc1)C(=O)O)c1ccoc1. The highest BCUT2D eigenvalue weighted by molar-refractivity contribution is 5.96. The first kappa shape index (κ1) is 13.9. The summed E-state index contributed by atoms with van der Waals surface area (Å²) in [5.41, 5.74) is 1.35. The minimum absolute atomic E-state index is 0.316. The zero-order valence-electron chi connectivity index (χ0n) is 10.8.